The van der Waals surface area contributed by atoms with E-state index >= 15 is 0 Å². The molecule has 168 valence electrons. The molecule has 0 aromatic heterocycles. The van der Waals surface area contributed by atoms with Crippen molar-refractivity contribution < 1.29 is 17.9 Å². The molecule has 0 radical (unpaired) electrons. The summed E-state index contributed by atoms with van der Waals surface area (Å²) in [6.45, 7) is 5.72. The zero-order valence-electron chi connectivity index (χ0n) is 18.3. The Morgan fingerprint density at radius 3 is 2.52 bits per heavy atom. The molecule has 3 rings (SSSR count). The lowest BCUT2D eigenvalue weighted by Crippen LogP contribution is -2.51. The van der Waals surface area contributed by atoms with Crippen LogP contribution in [-0.4, -0.2) is 32.2 Å². The van der Waals surface area contributed by atoms with E-state index in [1.54, 1.807) is 25.1 Å². The Morgan fingerprint density at radius 1 is 1.23 bits per heavy atom. The molecule has 2 aromatic carbocycles. The number of sulfonamides is 1. The quantitative estimate of drug-likeness (QED) is 0.644. The second-order valence-corrected chi connectivity index (χ2v) is 10.3. The van der Waals surface area contributed by atoms with E-state index in [0.29, 0.717) is 17.1 Å². The van der Waals surface area contributed by atoms with Crippen LogP contribution in [0.1, 0.15) is 51.6 Å². The number of para-hydroxylation sites is 1. The van der Waals surface area contributed by atoms with E-state index in [1.165, 1.54) is 6.07 Å². The number of benzene rings is 2. The number of anilines is 1. The Morgan fingerprint density at radius 2 is 1.90 bits per heavy atom. The molecule has 2 unspecified atom stereocenters. The topological polar surface area (TPSA) is 75.7 Å². The van der Waals surface area contributed by atoms with Gasteiger partial charge < -0.3 is 10.1 Å². The highest BCUT2D eigenvalue weighted by molar-refractivity contribution is 7.92. The lowest BCUT2D eigenvalue weighted by molar-refractivity contribution is -0.123. The Bertz CT molecular complexity index is 1050. The highest BCUT2D eigenvalue weighted by Gasteiger charge is 2.40. The van der Waals surface area contributed by atoms with Crippen LogP contribution in [0.5, 0.6) is 5.75 Å². The smallest absolute Gasteiger partial charge is 0.244 e. The molecular formula is C23H29ClN2O4S. The van der Waals surface area contributed by atoms with Crippen molar-refractivity contribution >= 4 is 33.2 Å². The maximum absolute atomic E-state index is 13.3. The molecule has 1 heterocycles. The van der Waals surface area contributed by atoms with Crippen molar-refractivity contribution in [2.75, 3.05) is 10.6 Å². The highest BCUT2D eigenvalue weighted by atomic mass is 35.5. The minimum Gasteiger partial charge on any atom is -0.487 e. The zero-order valence-corrected chi connectivity index (χ0v) is 19.8. The second kappa shape index (κ2) is 9.09. The third-order valence-electron chi connectivity index (χ3n) is 5.95. The molecule has 0 saturated heterocycles. The summed E-state index contributed by atoms with van der Waals surface area (Å²) in [5.74, 6) is 0.374. The fourth-order valence-corrected chi connectivity index (χ4v) is 5.50. The maximum atomic E-state index is 13.3. The number of nitrogens with zero attached hydrogens (tertiary/aromatic N) is 1. The van der Waals surface area contributed by atoms with Gasteiger partial charge in [-0.15, -0.1) is 0 Å². The van der Waals surface area contributed by atoms with Gasteiger partial charge in [0.15, 0.2) is 0 Å². The van der Waals surface area contributed by atoms with Crippen molar-refractivity contribution in [1.82, 2.24) is 5.32 Å². The van der Waals surface area contributed by atoms with Gasteiger partial charge in [-0.25, -0.2) is 8.42 Å². The summed E-state index contributed by atoms with van der Waals surface area (Å²) in [6.07, 6.45) is 3.31. The van der Waals surface area contributed by atoms with Crippen LogP contribution >= 0.6 is 11.6 Å². The molecule has 0 bridgehead atoms. The van der Waals surface area contributed by atoms with Gasteiger partial charge in [0, 0.05) is 17.0 Å². The molecule has 6 nitrogen and oxygen atoms in total. The summed E-state index contributed by atoms with van der Waals surface area (Å²) < 4.78 is 32.5. The first kappa shape index (κ1) is 23.4. The first-order valence-electron chi connectivity index (χ1n) is 10.4. The van der Waals surface area contributed by atoms with Gasteiger partial charge in [0.2, 0.25) is 15.9 Å². The number of ether oxygens (including phenoxy) is 1. The summed E-state index contributed by atoms with van der Waals surface area (Å²) in [5, 5.41) is 3.47. The number of rotatable bonds is 7. The molecule has 0 saturated carbocycles. The number of nitrogens with one attached hydrogen (secondary N) is 1. The van der Waals surface area contributed by atoms with E-state index in [9.17, 15) is 13.2 Å². The van der Waals surface area contributed by atoms with Crippen molar-refractivity contribution in [2.24, 2.45) is 0 Å². The molecule has 2 aromatic rings. The Labute approximate surface area is 189 Å². The minimum absolute atomic E-state index is 0.277. The Hall–Kier alpha value is -2.25. The molecule has 8 heteroatoms. The number of halogens is 1. The van der Waals surface area contributed by atoms with Crippen molar-refractivity contribution in [3.05, 3.63) is 59.1 Å². The number of hydrogen-bond donors (Lipinski definition) is 1. The van der Waals surface area contributed by atoms with E-state index in [1.807, 2.05) is 24.3 Å². The third-order valence-corrected chi connectivity index (χ3v) is 7.43. The summed E-state index contributed by atoms with van der Waals surface area (Å²) >= 11 is 6.06. The number of carbonyl (C=O) groups excluding carboxylic acids is 1. The van der Waals surface area contributed by atoms with E-state index < -0.39 is 16.1 Å². The monoisotopic (exact) mass is 464 g/mol. The van der Waals surface area contributed by atoms with Crippen molar-refractivity contribution in [3.8, 4) is 5.75 Å². The highest BCUT2D eigenvalue weighted by Crippen LogP contribution is 2.42. The molecule has 31 heavy (non-hydrogen) atoms. The number of amides is 1. The van der Waals surface area contributed by atoms with Gasteiger partial charge in [-0.2, -0.15) is 0 Å². The average Bonchev–Trinajstić information content (AvgIpc) is 2.72. The van der Waals surface area contributed by atoms with Crippen LogP contribution in [0, 0.1) is 0 Å². The average molecular weight is 465 g/mol. The van der Waals surface area contributed by atoms with Crippen LogP contribution in [0.2, 0.25) is 5.02 Å². The van der Waals surface area contributed by atoms with E-state index in [4.69, 9.17) is 16.3 Å². The lowest BCUT2D eigenvalue weighted by atomic mass is 9.83. The predicted octanol–water partition coefficient (Wildman–Crippen LogP) is 4.69. The van der Waals surface area contributed by atoms with Gasteiger partial charge in [-0.3, -0.25) is 9.10 Å². The van der Waals surface area contributed by atoms with Gasteiger partial charge in [-0.1, -0.05) is 49.7 Å². The van der Waals surface area contributed by atoms with Crippen LogP contribution in [0.15, 0.2) is 48.5 Å². The van der Waals surface area contributed by atoms with Gasteiger partial charge >= 0.3 is 0 Å². The van der Waals surface area contributed by atoms with Crippen LogP contribution in [0.3, 0.4) is 0 Å². The molecule has 1 amide bonds. The fourth-order valence-electron chi connectivity index (χ4n) is 4.14. The maximum Gasteiger partial charge on any atom is 0.244 e. The molecule has 0 fully saturated rings. The second-order valence-electron chi connectivity index (χ2n) is 8.01. The summed E-state index contributed by atoms with van der Waals surface area (Å²) in [6, 6.07) is 12.9. The van der Waals surface area contributed by atoms with Crippen LogP contribution in [0.4, 0.5) is 5.69 Å². The number of hydrogen-bond acceptors (Lipinski definition) is 4. The Balaban J connectivity index is 1.91. The normalized spacial score (nSPS) is 18.4. The van der Waals surface area contributed by atoms with E-state index in [-0.39, 0.29) is 17.6 Å². The number of carbonyl (C=O) groups is 1. The predicted molar refractivity (Wildman–Crippen MR) is 124 cm³/mol. The van der Waals surface area contributed by atoms with Gasteiger partial charge in [0.1, 0.15) is 17.4 Å². The van der Waals surface area contributed by atoms with Crippen LogP contribution in [0.25, 0.3) is 0 Å². The molecule has 0 spiro atoms. The van der Waals surface area contributed by atoms with E-state index in [0.717, 1.165) is 34.7 Å². The molecule has 1 aliphatic rings. The summed E-state index contributed by atoms with van der Waals surface area (Å²) in [5.41, 5.74) is 0.870. The first-order chi connectivity index (χ1) is 14.6. The standard InChI is InChI=1S/C23H29ClN2O4S/c1-5-23(6-2)15-20(19-12-7-8-13-21(19)30-23)25-22(27)16(3)26(31(4,28)29)18-11-9-10-17(24)14-18/h7-14,16,20H,5-6,15H2,1-4H3,(H,25,27). The fraction of sp³-hybridized carbons (Fsp3) is 0.435. The SMILES string of the molecule is CCC1(CC)CC(NC(=O)C(C)N(c2cccc(Cl)c2)S(C)(=O)=O)c2ccccc2O1. The van der Waals surface area contributed by atoms with Crippen LogP contribution < -0.4 is 14.4 Å². The molecule has 1 aliphatic heterocycles. The van der Waals surface area contributed by atoms with Gasteiger partial charge in [0.05, 0.1) is 18.0 Å². The largest absolute Gasteiger partial charge is 0.487 e. The van der Waals surface area contributed by atoms with Crippen LogP contribution in [-0.2, 0) is 14.8 Å². The first-order valence-corrected chi connectivity index (χ1v) is 12.7. The Kier molecular flexibility index (Phi) is 6.86. The summed E-state index contributed by atoms with van der Waals surface area (Å²) in [4.78, 5) is 13.3. The van der Waals surface area contributed by atoms with Gasteiger partial charge in [0.25, 0.3) is 0 Å². The summed E-state index contributed by atoms with van der Waals surface area (Å²) in [7, 11) is -3.72. The van der Waals surface area contributed by atoms with Crippen molar-refractivity contribution in [1.29, 1.82) is 0 Å². The molecule has 1 N–H and O–H groups in total. The van der Waals surface area contributed by atoms with Crippen molar-refractivity contribution in [3.63, 3.8) is 0 Å². The molecule has 0 aliphatic carbocycles. The minimum atomic E-state index is -3.72. The van der Waals surface area contributed by atoms with Gasteiger partial charge in [-0.05, 0) is 44.0 Å². The van der Waals surface area contributed by atoms with Crippen molar-refractivity contribution in [2.45, 2.75) is 57.7 Å². The van der Waals surface area contributed by atoms with E-state index in [2.05, 4.69) is 19.2 Å². The molecule has 2 atom stereocenters. The zero-order chi connectivity index (χ0) is 22.8. The number of fused-ring (bicyclic) bond motifs is 1. The lowest BCUT2D eigenvalue weighted by Gasteiger charge is -2.42. The third kappa shape index (κ3) is 4.99. The molecular weight excluding hydrogens is 436 g/mol.